The van der Waals surface area contributed by atoms with Crippen molar-refractivity contribution in [1.29, 1.82) is 0 Å². The third kappa shape index (κ3) is 4.82. The first-order valence-electron chi connectivity index (χ1n) is 8.19. The number of benzene rings is 1. The van der Waals surface area contributed by atoms with E-state index in [-0.39, 0.29) is 12.5 Å². The zero-order chi connectivity index (χ0) is 21.1. The van der Waals surface area contributed by atoms with Gasteiger partial charge in [0.2, 0.25) is 16.0 Å². The molecule has 1 aromatic heterocycles. The minimum atomic E-state index is -4.48. The van der Waals surface area contributed by atoms with E-state index in [1.165, 1.54) is 25.2 Å². The summed E-state index contributed by atoms with van der Waals surface area (Å²) in [6.07, 6.45) is 0. The lowest BCUT2D eigenvalue weighted by Crippen LogP contribution is -2.36. The van der Waals surface area contributed by atoms with E-state index in [0.29, 0.717) is 11.4 Å². The van der Waals surface area contributed by atoms with Gasteiger partial charge in [0.1, 0.15) is 9.79 Å². The molecule has 0 saturated carbocycles. The summed E-state index contributed by atoms with van der Waals surface area (Å²) in [5.41, 5.74) is 1.18. The van der Waals surface area contributed by atoms with Crippen LogP contribution in [0.3, 0.4) is 0 Å². The number of nitrogens with zero attached hydrogens (tertiary/aromatic N) is 3. The summed E-state index contributed by atoms with van der Waals surface area (Å²) in [5, 5.41) is 2.23. The monoisotopic (exact) mass is 427 g/mol. The molecule has 2 aromatic rings. The van der Waals surface area contributed by atoms with Crippen LogP contribution in [0.5, 0.6) is 0 Å². The van der Waals surface area contributed by atoms with Gasteiger partial charge in [0.25, 0.3) is 10.0 Å². The van der Waals surface area contributed by atoms with Crippen molar-refractivity contribution in [2.75, 3.05) is 18.9 Å². The van der Waals surface area contributed by atoms with E-state index < -0.39 is 35.9 Å². The van der Waals surface area contributed by atoms with E-state index in [9.17, 15) is 21.6 Å². The van der Waals surface area contributed by atoms with Crippen LogP contribution in [0.25, 0.3) is 0 Å². The van der Waals surface area contributed by atoms with E-state index >= 15 is 0 Å². The van der Waals surface area contributed by atoms with Crippen LogP contribution in [0.1, 0.15) is 18.3 Å². The molecule has 0 fully saturated rings. The summed E-state index contributed by atoms with van der Waals surface area (Å²) in [5.74, 6) is -0.0724. The molecule has 10 nitrogen and oxygen atoms in total. The standard InChI is InChI=1S/C16H21N5O5S2/c1-5-21(4)28(25,26)14-9-7-6-8-13(14)27(23,24)20-16(22)19-15-17-11(2)10-12(3)18-15/h6-10H,5H2,1-4H3,(H2,17,18,19,20,22). The second-order valence-corrected chi connectivity index (χ2v) is 9.56. The minimum absolute atomic E-state index is 0.0724. The van der Waals surface area contributed by atoms with Gasteiger partial charge < -0.3 is 0 Å². The highest BCUT2D eigenvalue weighted by atomic mass is 32.2. The Labute approximate surface area is 164 Å². The van der Waals surface area contributed by atoms with E-state index in [1.54, 1.807) is 31.6 Å². The molecule has 0 unspecified atom stereocenters. The predicted octanol–water partition coefficient (Wildman–Crippen LogP) is 1.24. The van der Waals surface area contributed by atoms with E-state index in [2.05, 4.69) is 15.3 Å². The Balaban J connectivity index is 2.34. The molecule has 12 heteroatoms. The van der Waals surface area contributed by atoms with Gasteiger partial charge in [-0.25, -0.2) is 40.6 Å². The fraction of sp³-hybridized carbons (Fsp3) is 0.312. The van der Waals surface area contributed by atoms with Gasteiger partial charge in [0.15, 0.2) is 0 Å². The lowest BCUT2D eigenvalue weighted by atomic mass is 10.4. The molecule has 28 heavy (non-hydrogen) atoms. The maximum atomic E-state index is 12.6. The Kier molecular flexibility index (Phi) is 6.37. The average molecular weight is 428 g/mol. The zero-order valence-corrected chi connectivity index (χ0v) is 17.4. The van der Waals surface area contributed by atoms with Gasteiger partial charge in [-0.05, 0) is 32.0 Å². The molecular weight excluding hydrogens is 406 g/mol. The lowest BCUT2D eigenvalue weighted by Gasteiger charge is -2.17. The Morgan fingerprint density at radius 1 is 1.04 bits per heavy atom. The summed E-state index contributed by atoms with van der Waals surface area (Å²) < 4.78 is 53.3. The first kappa shape index (κ1) is 21.7. The maximum Gasteiger partial charge on any atom is 0.335 e. The molecule has 0 aliphatic rings. The van der Waals surface area contributed by atoms with Crippen molar-refractivity contribution in [1.82, 2.24) is 19.0 Å². The number of hydrogen-bond acceptors (Lipinski definition) is 7. The third-order valence-corrected chi connectivity index (χ3v) is 7.22. The minimum Gasteiger partial charge on any atom is -0.275 e. The molecular formula is C16H21N5O5S2. The van der Waals surface area contributed by atoms with Crippen LogP contribution >= 0.6 is 0 Å². The number of amides is 2. The second kappa shape index (κ2) is 8.20. The van der Waals surface area contributed by atoms with Crippen molar-refractivity contribution in [2.45, 2.75) is 30.6 Å². The van der Waals surface area contributed by atoms with E-state index in [0.717, 1.165) is 10.4 Å². The first-order chi connectivity index (χ1) is 13.0. The van der Waals surface area contributed by atoms with Gasteiger partial charge in [-0.1, -0.05) is 19.1 Å². The first-order valence-corrected chi connectivity index (χ1v) is 11.1. The zero-order valence-electron chi connectivity index (χ0n) is 15.8. The molecule has 0 atom stereocenters. The molecule has 2 N–H and O–H groups in total. The summed E-state index contributed by atoms with van der Waals surface area (Å²) in [6.45, 7) is 5.15. The van der Waals surface area contributed by atoms with Gasteiger partial charge in [-0.2, -0.15) is 0 Å². The van der Waals surface area contributed by atoms with Crippen LogP contribution in [0.15, 0.2) is 40.1 Å². The molecule has 152 valence electrons. The lowest BCUT2D eigenvalue weighted by molar-refractivity contribution is 0.256. The number of nitrogens with one attached hydrogen (secondary N) is 2. The SMILES string of the molecule is CCN(C)S(=O)(=O)c1ccccc1S(=O)(=O)NC(=O)Nc1nc(C)cc(C)n1. The van der Waals surface area contributed by atoms with Crippen LogP contribution in [-0.2, 0) is 20.0 Å². The van der Waals surface area contributed by atoms with Crippen LogP contribution < -0.4 is 10.0 Å². The van der Waals surface area contributed by atoms with Gasteiger partial charge in [0.05, 0.1) is 0 Å². The molecule has 1 heterocycles. The highest BCUT2D eigenvalue weighted by Gasteiger charge is 2.29. The van der Waals surface area contributed by atoms with Crippen molar-refractivity contribution in [3.05, 3.63) is 41.7 Å². The smallest absolute Gasteiger partial charge is 0.275 e. The van der Waals surface area contributed by atoms with Crippen LogP contribution in [0.4, 0.5) is 10.7 Å². The Morgan fingerprint density at radius 2 is 1.57 bits per heavy atom. The molecule has 2 amide bonds. The van der Waals surface area contributed by atoms with Gasteiger partial charge in [0, 0.05) is 25.0 Å². The topological polar surface area (TPSA) is 138 Å². The van der Waals surface area contributed by atoms with Crippen molar-refractivity contribution in [3.8, 4) is 0 Å². The molecule has 1 aromatic carbocycles. The Bertz CT molecular complexity index is 1080. The highest BCUT2D eigenvalue weighted by molar-refractivity contribution is 7.92. The maximum absolute atomic E-state index is 12.6. The number of urea groups is 1. The van der Waals surface area contributed by atoms with E-state index in [1.807, 2.05) is 0 Å². The molecule has 0 spiro atoms. The number of hydrogen-bond donors (Lipinski definition) is 2. The summed E-state index contributed by atoms with van der Waals surface area (Å²) in [4.78, 5) is 19.1. The average Bonchev–Trinajstić information content (AvgIpc) is 2.59. The number of sulfonamides is 2. The summed E-state index contributed by atoms with van der Waals surface area (Å²) >= 11 is 0. The molecule has 0 aliphatic carbocycles. The predicted molar refractivity (Wildman–Crippen MR) is 103 cm³/mol. The van der Waals surface area contributed by atoms with Gasteiger partial charge >= 0.3 is 6.03 Å². The Hall–Kier alpha value is -2.57. The molecule has 2 rings (SSSR count). The normalized spacial score (nSPS) is 12.0. The Morgan fingerprint density at radius 3 is 2.11 bits per heavy atom. The largest absolute Gasteiger partial charge is 0.335 e. The number of carbonyl (C=O) groups excluding carboxylic acids is 1. The summed E-state index contributed by atoms with van der Waals surface area (Å²) in [7, 11) is -7.20. The number of aryl methyl sites for hydroxylation is 2. The number of rotatable bonds is 6. The number of anilines is 1. The second-order valence-electron chi connectivity index (χ2n) is 5.90. The molecule has 0 radical (unpaired) electrons. The van der Waals surface area contributed by atoms with Gasteiger partial charge in [-0.15, -0.1) is 0 Å². The van der Waals surface area contributed by atoms with Crippen LogP contribution in [-0.4, -0.2) is 50.7 Å². The van der Waals surface area contributed by atoms with Crippen molar-refractivity contribution < 1.29 is 21.6 Å². The fourth-order valence-electron chi connectivity index (χ4n) is 2.31. The van der Waals surface area contributed by atoms with Crippen molar-refractivity contribution in [2.24, 2.45) is 0 Å². The molecule has 0 bridgehead atoms. The van der Waals surface area contributed by atoms with Crippen molar-refractivity contribution >= 4 is 32.0 Å². The van der Waals surface area contributed by atoms with Crippen LogP contribution in [0.2, 0.25) is 0 Å². The highest BCUT2D eigenvalue weighted by Crippen LogP contribution is 2.23. The fourth-order valence-corrected chi connectivity index (χ4v) is 5.20. The van der Waals surface area contributed by atoms with E-state index in [4.69, 9.17) is 0 Å². The van der Waals surface area contributed by atoms with Crippen LogP contribution in [0, 0.1) is 13.8 Å². The summed E-state index contributed by atoms with van der Waals surface area (Å²) in [6, 6.07) is 5.62. The molecule has 0 saturated heterocycles. The quantitative estimate of drug-likeness (QED) is 0.707. The third-order valence-electron chi connectivity index (χ3n) is 3.71. The number of aromatic nitrogens is 2. The van der Waals surface area contributed by atoms with Crippen molar-refractivity contribution in [3.63, 3.8) is 0 Å². The van der Waals surface area contributed by atoms with Gasteiger partial charge in [-0.3, -0.25) is 5.32 Å². The number of carbonyl (C=O) groups is 1. The molecule has 0 aliphatic heterocycles.